The van der Waals surface area contributed by atoms with Crippen molar-refractivity contribution in [3.05, 3.63) is 35.4 Å². The number of hydrogen-bond donors (Lipinski definition) is 1. The minimum Gasteiger partial charge on any atom is -0.480 e. The average Bonchev–Trinajstić information content (AvgIpc) is 2.95. The molecule has 0 amide bonds. The Morgan fingerprint density at radius 2 is 2.15 bits per heavy atom. The van der Waals surface area contributed by atoms with Gasteiger partial charge in [0.15, 0.2) is 0 Å². The predicted molar refractivity (Wildman–Crippen MR) is 76.7 cm³/mol. The standard InChI is InChI=1S/C17H21NO2/c19-17(20)16-15-7-3-5-12(15)9-18(16)10-13-8-11-4-1-2-6-14(11)13/h1-2,4,6,12-13,15-16H,3,5,7-10H2,(H,19,20). The summed E-state index contributed by atoms with van der Waals surface area (Å²) >= 11 is 0. The van der Waals surface area contributed by atoms with Crippen LogP contribution in [-0.2, 0) is 11.2 Å². The number of fused-ring (bicyclic) bond motifs is 2. The maximum Gasteiger partial charge on any atom is 0.321 e. The summed E-state index contributed by atoms with van der Waals surface area (Å²) in [6, 6.07) is 8.36. The van der Waals surface area contributed by atoms with Gasteiger partial charge in [-0.2, -0.15) is 0 Å². The highest BCUT2D eigenvalue weighted by atomic mass is 16.4. The second-order valence-electron chi connectivity index (χ2n) is 6.69. The lowest BCUT2D eigenvalue weighted by atomic mass is 9.77. The third kappa shape index (κ3) is 1.80. The summed E-state index contributed by atoms with van der Waals surface area (Å²) in [6.07, 6.45) is 4.68. The molecule has 20 heavy (non-hydrogen) atoms. The van der Waals surface area contributed by atoms with E-state index in [1.165, 1.54) is 24.0 Å². The Morgan fingerprint density at radius 3 is 2.95 bits per heavy atom. The van der Waals surface area contributed by atoms with Crippen LogP contribution in [0.3, 0.4) is 0 Å². The summed E-state index contributed by atoms with van der Waals surface area (Å²) in [5, 5.41) is 9.59. The van der Waals surface area contributed by atoms with Crippen LogP contribution >= 0.6 is 0 Å². The summed E-state index contributed by atoms with van der Waals surface area (Å²) in [5.74, 6) is 0.980. The minimum absolute atomic E-state index is 0.227. The number of carboxylic acid groups (broad SMARTS) is 1. The molecule has 3 aliphatic rings. The van der Waals surface area contributed by atoms with Crippen molar-refractivity contribution in [1.29, 1.82) is 0 Å². The van der Waals surface area contributed by atoms with Gasteiger partial charge in [0.2, 0.25) is 0 Å². The van der Waals surface area contributed by atoms with E-state index in [4.69, 9.17) is 0 Å². The van der Waals surface area contributed by atoms with Crippen molar-refractivity contribution in [2.24, 2.45) is 11.8 Å². The van der Waals surface area contributed by atoms with E-state index in [1.54, 1.807) is 0 Å². The van der Waals surface area contributed by atoms with E-state index in [1.807, 2.05) is 0 Å². The normalized spacial score (nSPS) is 35.4. The van der Waals surface area contributed by atoms with Gasteiger partial charge in [0.1, 0.15) is 6.04 Å². The zero-order chi connectivity index (χ0) is 13.7. The molecule has 1 heterocycles. The summed E-state index contributed by atoms with van der Waals surface area (Å²) < 4.78 is 0. The van der Waals surface area contributed by atoms with Crippen LogP contribution in [0.25, 0.3) is 0 Å². The first-order valence-corrected chi connectivity index (χ1v) is 7.78. The van der Waals surface area contributed by atoms with Crippen LogP contribution < -0.4 is 0 Å². The zero-order valence-electron chi connectivity index (χ0n) is 11.7. The zero-order valence-corrected chi connectivity index (χ0v) is 11.7. The van der Waals surface area contributed by atoms with Gasteiger partial charge in [0.05, 0.1) is 0 Å². The van der Waals surface area contributed by atoms with Gasteiger partial charge in [-0.05, 0) is 42.2 Å². The number of likely N-dealkylation sites (tertiary alicyclic amines) is 1. The first-order valence-electron chi connectivity index (χ1n) is 7.78. The number of benzene rings is 1. The Bertz CT molecular complexity index is 542. The van der Waals surface area contributed by atoms with Crippen LogP contribution in [-0.4, -0.2) is 35.1 Å². The molecule has 2 fully saturated rings. The molecule has 1 aromatic carbocycles. The van der Waals surface area contributed by atoms with Gasteiger partial charge in [-0.3, -0.25) is 9.69 Å². The molecule has 1 saturated heterocycles. The first kappa shape index (κ1) is 12.4. The van der Waals surface area contributed by atoms with Gasteiger partial charge in [-0.1, -0.05) is 30.7 Å². The third-order valence-electron chi connectivity index (χ3n) is 5.65. The Kier molecular flexibility index (Phi) is 2.84. The van der Waals surface area contributed by atoms with Gasteiger partial charge in [-0.15, -0.1) is 0 Å². The SMILES string of the molecule is O=C(O)C1C2CCCC2CN1CC1Cc2ccccc21. The fourth-order valence-corrected chi connectivity index (χ4v) is 4.73. The van der Waals surface area contributed by atoms with Crippen molar-refractivity contribution in [3.63, 3.8) is 0 Å². The van der Waals surface area contributed by atoms with Crippen LogP contribution in [0.4, 0.5) is 0 Å². The maximum absolute atomic E-state index is 11.6. The van der Waals surface area contributed by atoms with Crippen molar-refractivity contribution in [1.82, 2.24) is 4.90 Å². The predicted octanol–water partition coefficient (Wildman–Crippen LogP) is 2.51. The average molecular weight is 271 g/mol. The molecule has 4 rings (SSSR count). The fourth-order valence-electron chi connectivity index (χ4n) is 4.73. The lowest BCUT2D eigenvalue weighted by molar-refractivity contribution is -0.143. The molecule has 1 saturated carbocycles. The highest BCUT2D eigenvalue weighted by molar-refractivity contribution is 5.74. The molecule has 1 N–H and O–H groups in total. The lowest BCUT2D eigenvalue weighted by Gasteiger charge is -2.35. The highest BCUT2D eigenvalue weighted by Crippen LogP contribution is 2.44. The fraction of sp³-hybridized carbons (Fsp3) is 0.588. The molecule has 0 spiro atoms. The van der Waals surface area contributed by atoms with Crippen LogP contribution in [0.1, 0.15) is 36.3 Å². The van der Waals surface area contributed by atoms with E-state index in [0.717, 1.165) is 25.9 Å². The van der Waals surface area contributed by atoms with Crippen LogP contribution in [0.15, 0.2) is 24.3 Å². The molecule has 0 bridgehead atoms. The Balaban J connectivity index is 1.51. The number of nitrogens with zero attached hydrogens (tertiary/aromatic N) is 1. The van der Waals surface area contributed by atoms with Crippen molar-refractivity contribution >= 4 is 5.97 Å². The van der Waals surface area contributed by atoms with Crippen molar-refractivity contribution in [2.45, 2.75) is 37.6 Å². The lowest BCUT2D eigenvalue weighted by Crippen LogP contribution is -2.43. The number of rotatable bonds is 3. The molecule has 4 atom stereocenters. The number of hydrogen-bond acceptors (Lipinski definition) is 2. The molecule has 2 aliphatic carbocycles. The molecule has 1 aliphatic heterocycles. The number of aliphatic carboxylic acids is 1. The summed E-state index contributed by atoms with van der Waals surface area (Å²) in [4.78, 5) is 13.9. The largest absolute Gasteiger partial charge is 0.480 e. The van der Waals surface area contributed by atoms with Crippen LogP contribution in [0.2, 0.25) is 0 Å². The van der Waals surface area contributed by atoms with E-state index in [2.05, 4.69) is 29.2 Å². The van der Waals surface area contributed by atoms with Gasteiger partial charge in [0.25, 0.3) is 0 Å². The molecule has 4 unspecified atom stereocenters. The van der Waals surface area contributed by atoms with E-state index < -0.39 is 5.97 Å². The quantitative estimate of drug-likeness (QED) is 0.918. The van der Waals surface area contributed by atoms with Gasteiger partial charge in [0, 0.05) is 19.0 Å². The molecular weight excluding hydrogens is 250 g/mol. The second kappa shape index (κ2) is 4.59. The van der Waals surface area contributed by atoms with Crippen molar-refractivity contribution in [2.75, 3.05) is 13.1 Å². The molecule has 3 nitrogen and oxygen atoms in total. The topological polar surface area (TPSA) is 40.5 Å². The van der Waals surface area contributed by atoms with E-state index in [-0.39, 0.29) is 6.04 Å². The Labute approximate surface area is 119 Å². The summed E-state index contributed by atoms with van der Waals surface area (Å²) in [7, 11) is 0. The van der Waals surface area contributed by atoms with Crippen LogP contribution in [0, 0.1) is 11.8 Å². The molecule has 1 aromatic rings. The highest BCUT2D eigenvalue weighted by Gasteiger charge is 2.48. The van der Waals surface area contributed by atoms with E-state index in [9.17, 15) is 9.90 Å². The van der Waals surface area contributed by atoms with Crippen molar-refractivity contribution in [3.8, 4) is 0 Å². The maximum atomic E-state index is 11.6. The Morgan fingerprint density at radius 1 is 1.30 bits per heavy atom. The molecule has 106 valence electrons. The third-order valence-corrected chi connectivity index (χ3v) is 5.65. The second-order valence-corrected chi connectivity index (χ2v) is 6.69. The summed E-state index contributed by atoms with van der Waals surface area (Å²) in [5.41, 5.74) is 2.89. The minimum atomic E-state index is -0.605. The smallest absolute Gasteiger partial charge is 0.321 e. The molecule has 0 aromatic heterocycles. The first-order chi connectivity index (χ1) is 9.74. The molecule has 3 heteroatoms. The number of carbonyl (C=O) groups is 1. The van der Waals surface area contributed by atoms with Gasteiger partial charge in [-0.25, -0.2) is 0 Å². The van der Waals surface area contributed by atoms with Gasteiger partial charge < -0.3 is 5.11 Å². The number of carboxylic acids is 1. The molecular formula is C17H21NO2. The van der Waals surface area contributed by atoms with Gasteiger partial charge >= 0.3 is 5.97 Å². The monoisotopic (exact) mass is 271 g/mol. The van der Waals surface area contributed by atoms with Crippen molar-refractivity contribution < 1.29 is 9.90 Å². The Hall–Kier alpha value is -1.35. The van der Waals surface area contributed by atoms with E-state index >= 15 is 0 Å². The van der Waals surface area contributed by atoms with Crippen LogP contribution in [0.5, 0.6) is 0 Å². The van der Waals surface area contributed by atoms with E-state index in [0.29, 0.717) is 17.8 Å². The molecule has 0 radical (unpaired) electrons. The summed E-state index contributed by atoms with van der Waals surface area (Å²) in [6.45, 7) is 1.93.